The molecule has 0 aliphatic carbocycles. The van der Waals surface area contributed by atoms with Gasteiger partial charge in [0, 0.05) is 6.42 Å². The second kappa shape index (κ2) is 3.23. The maximum Gasteiger partial charge on any atom is 0.227 e. The molecule has 0 atom stereocenters. The highest BCUT2D eigenvalue weighted by atomic mass is 16.5. The Labute approximate surface area is 72.1 Å². The Morgan fingerprint density at radius 3 is 2.50 bits per heavy atom. The highest BCUT2D eigenvalue weighted by molar-refractivity contribution is 4.88. The maximum atomic E-state index is 5.34. The van der Waals surface area contributed by atoms with E-state index in [2.05, 4.69) is 30.9 Å². The van der Waals surface area contributed by atoms with Crippen LogP contribution in [0, 0.1) is 5.41 Å². The summed E-state index contributed by atoms with van der Waals surface area (Å²) >= 11 is 0. The first-order chi connectivity index (χ1) is 5.51. The van der Waals surface area contributed by atoms with E-state index >= 15 is 0 Å². The van der Waals surface area contributed by atoms with Gasteiger partial charge in [0.25, 0.3) is 0 Å². The van der Waals surface area contributed by atoms with E-state index in [4.69, 9.17) is 10.3 Å². The largest absolute Gasteiger partial charge is 0.339 e. The summed E-state index contributed by atoms with van der Waals surface area (Å²) in [5, 5.41) is 3.71. The Balaban J connectivity index is 2.64. The van der Waals surface area contributed by atoms with Gasteiger partial charge in [0.05, 0.1) is 6.54 Å². The summed E-state index contributed by atoms with van der Waals surface area (Å²) < 4.78 is 4.99. The standard InChI is InChI=1S/C8H15N3O/c1-8(2,3)4-7-10-6(5-9)11-12-7/h4-5,9H2,1-3H3. The number of hydrogen-bond donors (Lipinski definition) is 1. The maximum absolute atomic E-state index is 5.34. The van der Waals surface area contributed by atoms with Crippen molar-refractivity contribution in [2.24, 2.45) is 11.1 Å². The van der Waals surface area contributed by atoms with Gasteiger partial charge in [0.15, 0.2) is 5.82 Å². The minimum atomic E-state index is 0.179. The summed E-state index contributed by atoms with van der Waals surface area (Å²) in [6.45, 7) is 6.71. The van der Waals surface area contributed by atoms with Gasteiger partial charge in [0.2, 0.25) is 5.89 Å². The van der Waals surface area contributed by atoms with Crippen molar-refractivity contribution in [2.45, 2.75) is 33.7 Å². The predicted molar refractivity (Wildman–Crippen MR) is 45.3 cm³/mol. The van der Waals surface area contributed by atoms with Crippen LogP contribution in [0.15, 0.2) is 4.52 Å². The molecule has 1 heterocycles. The molecule has 0 radical (unpaired) electrons. The third kappa shape index (κ3) is 2.62. The molecular formula is C8H15N3O. The van der Waals surface area contributed by atoms with Gasteiger partial charge in [0.1, 0.15) is 0 Å². The van der Waals surface area contributed by atoms with E-state index in [1.807, 2.05) is 0 Å². The zero-order chi connectivity index (χ0) is 9.19. The van der Waals surface area contributed by atoms with E-state index < -0.39 is 0 Å². The Bertz CT molecular complexity index is 249. The molecule has 0 spiro atoms. The lowest BCUT2D eigenvalue weighted by Gasteiger charge is -2.13. The second-order valence-corrected chi connectivity index (χ2v) is 4.05. The summed E-state index contributed by atoms with van der Waals surface area (Å²) in [6, 6.07) is 0. The van der Waals surface area contributed by atoms with Crippen LogP contribution < -0.4 is 5.73 Å². The minimum Gasteiger partial charge on any atom is -0.339 e. The quantitative estimate of drug-likeness (QED) is 0.720. The van der Waals surface area contributed by atoms with Crippen molar-refractivity contribution in [1.82, 2.24) is 10.1 Å². The molecule has 0 bridgehead atoms. The van der Waals surface area contributed by atoms with Gasteiger partial charge in [-0.2, -0.15) is 4.98 Å². The van der Waals surface area contributed by atoms with Crippen LogP contribution in [0.2, 0.25) is 0 Å². The minimum absolute atomic E-state index is 0.179. The molecule has 0 fully saturated rings. The molecule has 68 valence electrons. The molecule has 0 aromatic carbocycles. The average Bonchev–Trinajstić information content (AvgIpc) is 2.32. The fraction of sp³-hybridized carbons (Fsp3) is 0.750. The fourth-order valence-electron chi connectivity index (χ4n) is 0.899. The summed E-state index contributed by atoms with van der Waals surface area (Å²) in [4.78, 5) is 4.11. The first kappa shape index (κ1) is 9.19. The Morgan fingerprint density at radius 1 is 1.42 bits per heavy atom. The lowest BCUT2D eigenvalue weighted by atomic mass is 9.92. The van der Waals surface area contributed by atoms with Crippen LogP contribution in [-0.2, 0) is 13.0 Å². The fourth-order valence-corrected chi connectivity index (χ4v) is 0.899. The number of rotatable bonds is 2. The molecule has 1 aromatic rings. The van der Waals surface area contributed by atoms with Crippen LogP contribution in [0.3, 0.4) is 0 Å². The van der Waals surface area contributed by atoms with E-state index in [1.54, 1.807) is 0 Å². The number of aromatic nitrogens is 2. The van der Waals surface area contributed by atoms with E-state index in [0.717, 1.165) is 6.42 Å². The van der Waals surface area contributed by atoms with Crippen LogP contribution in [0.4, 0.5) is 0 Å². The number of hydrogen-bond acceptors (Lipinski definition) is 4. The monoisotopic (exact) mass is 169 g/mol. The SMILES string of the molecule is CC(C)(C)Cc1nc(CN)no1. The van der Waals surface area contributed by atoms with Gasteiger partial charge in [-0.15, -0.1) is 0 Å². The second-order valence-electron chi connectivity index (χ2n) is 4.05. The van der Waals surface area contributed by atoms with Crippen molar-refractivity contribution in [2.75, 3.05) is 0 Å². The molecule has 0 unspecified atom stereocenters. The molecule has 2 N–H and O–H groups in total. The average molecular weight is 169 g/mol. The lowest BCUT2D eigenvalue weighted by molar-refractivity contribution is 0.312. The van der Waals surface area contributed by atoms with Gasteiger partial charge in [-0.3, -0.25) is 0 Å². The van der Waals surface area contributed by atoms with E-state index in [0.29, 0.717) is 18.3 Å². The van der Waals surface area contributed by atoms with Crippen LogP contribution in [0.5, 0.6) is 0 Å². The van der Waals surface area contributed by atoms with Crippen LogP contribution in [-0.4, -0.2) is 10.1 Å². The van der Waals surface area contributed by atoms with Crippen LogP contribution >= 0.6 is 0 Å². The molecule has 0 aliphatic heterocycles. The molecule has 1 rings (SSSR count). The third-order valence-electron chi connectivity index (χ3n) is 1.37. The van der Waals surface area contributed by atoms with Crippen LogP contribution in [0.1, 0.15) is 32.5 Å². The van der Waals surface area contributed by atoms with Crippen molar-refractivity contribution >= 4 is 0 Å². The summed E-state index contributed by atoms with van der Waals surface area (Å²) in [7, 11) is 0. The van der Waals surface area contributed by atoms with Gasteiger partial charge < -0.3 is 10.3 Å². The molecular weight excluding hydrogens is 154 g/mol. The first-order valence-electron chi connectivity index (χ1n) is 4.03. The van der Waals surface area contributed by atoms with Crippen molar-refractivity contribution < 1.29 is 4.52 Å². The van der Waals surface area contributed by atoms with E-state index in [-0.39, 0.29) is 5.41 Å². The number of nitrogens with zero attached hydrogens (tertiary/aromatic N) is 2. The van der Waals surface area contributed by atoms with Gasteiger partial charge in [-0.05, 0) is 5.41 Å². The molecule has 0 saturated carbocycles. The Kier molecular flexibility index (Phi) is 2.47. The lowest BCUT2D eigenvalue weighted by Crippen LogP contribution is -2.09. The first-order valence-corrected chi connectivity index (χ1v) is 4.03. The van der Waals surface area contributed by atoms with Crippen molar-refractivity contribution in [3.8, 4) is 0 Å². The molecule has 0 amide bonds. The Morgan fingerprint density at radius 2 is 2.08 bits per heavy atom. The van der Waals surface area contributed by atoms with Crippen molar-refractivity contribution in [1.29, 1.82) is 0 Å². The zero-order valence-electron chi connectivity index (χ0n) is 7.79. The van der Waals surface area contributed by atoms with E-state index in [1.165, 1.54) is 0 Å². The highest BCUT2D eigenvalue weighted by Crippen LogP contribution is 2.18. The van der Waals surface area contributed by atoms with Crippen molar-refractivity contribution in [3.63, 3.8) is 0 Å². The van der Waals surface area contributed by atoms with Gasteiger partial charge in [-0.25, -0.2) is 0 Å². The highest BCUT2D eigenvalue weighted by Gasteiger charge is 2.15. The molecule has 0 saturated heterocycles. The molecule has 4 heteroatoms. The molecule has 1 aromatic heterocycles. The third-order valence-corrected chi connectivity index (χ3v) is 1.37. The van der Waals surface area contributed by atoms with Gasteiger partial charge >= 0.3 is 0 Å². The van der Waals surface area contributed by atoms with Gasteiger partial charge in [-0.1, -0.05) is 25.9 Å². The molecule has 4 nitrogen and oxygen atoms in total. The topological polar surface area (TPSA) is 64.9 Å². The normalized spacial score (nSPS) is 12.0. The molecule has 12 heavy (non-hydrogen) atoms. The van der Waals surface area contributed by atoms with E-state index in [9.17, 15) is 0 Å². The summed E-state index contributed by atoms with van der Waals surface area (Å²) in [5.74, 6) is 1.25. The van der Waals surface area contributed by atoms with Crippen LogP contribution in [0.25, 0.3) is 0 Å². The Hall–Kier alpha value is -0.900. The molecule has 0 aliphatic rings. The summed E-state index contributed by atoms with van der Waals surface area (Å²) in [6.07, 6.45) is 0.792. The van der Waals surface area contributed by atoms with Crippen molar-refractivity contribution in [3.05, 3.63) is 11.7 Å². The number of nitrogens with two attached hydrogens (primary N) is 1. The predicted octanol–water partition coefficient (Wildman–Crippen LogP) is 1.12. The smallest absolute Gasteiger partial charge is 0.227 e. The zero-order valence-corrected chi connectivity index (χ0v) is 7.79. The summed E-state index contributed by atoms with van der Waals surface area (Å²) in [5.41, 5.74) is 5.52.